The van der Waals surface area contributed by atoms with Crippen LogP contribution in [0.5, 0.6) is 0 Å². The minimum Gasteiger partial charge on any atom is -0.399 e. The SMILES string of the molecule is CCCCC(CC)CNC(=O)c1cc(N)cc(F)c1. The van der Waals surface area contributed by atoms with Crippen LogP contribution in [0.2, 0.25) is 0 Å². The van der Waals surface area contributed by atoms with Crippen LogP contribution in [0.3, 0.4) is 0 Å². The first kappa shape index (κ1) is 15.5. The number of rotatable bonds is 7. The Morgan fingerprint density at radius 2 is 2.11 bits per heavy atom. The van der Waals surface area contributed by atoms with Crippen molar-refractivity contribution >= 4 is 11.6 Å². The van der Waals surface area contributed by atoms with Gasteiger partial charge in [0.1, 0.15) is 5.82 Å². The largest absolute Gasteiger partial charge is 0.399 e. The van der Waals surface area contributed by atoms with E-state index in [0.717, 1.165) is 19.3 Å². The lowest BCUT2D eigenvalue weighted by atomic mass is 9.99. The molecule has 0 saturated heterocycles. The summed E-state index contributed by atoms with van der Waals surface area (Å²) < 4.78 is 13.2. The van der Waals surface area contributed by atoms with Crippen molar-refractivity contribution < 1.29 is 9.18 Å². The van der Waals surface area contributed by atoms with E-state index in [2.05, 4.69) is 19.2 Å². The number of nitrogen functional groups attached to an aromatic ring is 1. The predicted molar refractivity (Wildman–Crippen MR) is 76.5 cm³/mol. The van der Waals surface area contributed by atoms with Crippen LogP contribution >= 0.6 is 0 Å². The van der Waals surface area contributed by atoms with Crippen LogP contribution in [0.25, 0.3) is 0 Å². The molecule has 1 amide bonds. The molecule has 0 aromatic heterocycles. The average Bonchev–Trinajstić information content (AvgIpc) is 2.37. The first-order valence-corrected chi connectivity index (χ1v) is 6.91. The highest BCUT2D eigenvalue weighted by Gasteiger charge is 2.11. The van der Waals surface area contributed by atoms with Gasteiger partial charge in [0.15, 0.2) is 0 Å². The molecule has 1 rings (SSSR count). The van der Waals surface area contributed by atoms with Crippen LogP contribution in [0.1, 0.15) is 49.9 Å². The number of amides is 1. The van der Waals surface area contributed by atoms with Gasteiger partial charge in [-0.25, -0.2) is 4.39 Å². The summed E-state index contributed by atoms with van der Waals surface area (Å²) in [5.74, 6) is -0.265. The zero-order valence-corrected chi connectivity index (χ0v) is 11.7. The van der Waals surface area contributed by atoms with Crippen molar-refractivity contribution in [1.29, 1.82) is 0 Å². The highest BCUT2D eigenvalue weighted by molar-refractivity contribution is 5.95. The molecule has 3 nitrogen and oxygen atoms in total. The molecule has 106 valence electrons. The van der Waals surface area contributed by atoms with E-state index < -0.39 is 5.82 Å². The number of benzene rings is 1. The second-order valence-electron chi connectivity index (χ2n) is 4.90. The van der Waals surface area contributed by atoms with E-state index in [4.69, 9.17) is 5.73 Å². The summed E-state index contributed by atoms with van der Waals surface area (Å²) in [6.07, 6.45) is 4.47. The Balaban J connectivity index is 2.54. The number of unbranched alkanes of at least 4 members (excludes halogenated alkanes) is 1. The molecule has 0 fully saturated rings. The molecule has 1 unspecified atom stereocenters. The normalized spacial score (nSPS) is 12.2. The number of hydrogen-bond donors (Lipinski definition) is 2. The minimum absolute atomic E-state index is 0.263. The summed E-state index contributed by atoms with van der Waals surface area (Å²) in [7, 11) is 0. The van der Waals surface area contributed by atoms with Gasteiger partial charge in [0.25, 0.3) is 5.91 Å². The molecule has 0 aliphatic carbocycles. The van der Waals surface area contributed by atoms with Crippen molar-refractivity contribution in [3.05, 3.63) is 29.6 Å². The number of halogens is 1. The second kappa shape index (κ2) is 7.77. The van der Waals surface area contributed by atoms with E-state index in [-0.39, 0.29) is 17.2 Å². The predicted octanol–water partition coefficient (Wildman–Crippen LogP) is 3.35. The Morgan fingerprint density at radius 1 is 1.37 bits per heavy atom. The van der Waals surface area contributed by atoms with Crippen LogP contribution in [-0.2, 0) is 0 Å². The van der Waals surface area contributed by atoms with Gasteiger partial charge in [0.05, 0.1) is 0 Å². The van der Waals surface area contributed by atoms with Crippen molar-refractivity contribution in [3.63, 3.8) is 0 Å². The standard InChI is InChI=1S/C15H23FN2O/c1-3-5-6-11(4-2)10-18-15(19)12-7-13(16)9-14(17)8-12/h7-9,11H,3-6,10,17H2,1-2H3,(H,18,19). The summed E-state index contributed by atoms with van der Waals surface area (Å²) in [6, 6.07) is 3.90. The molecule has 0 aliphatic rings. The van der Waals surface area contributed by atoms with Crippen LogP contribution < -0.4 is 11.1 Å². The van der Waals surface area contributed by atoms with Gasteiger partial charge in [-0.3, -0.25) is 4.79 Å². The Labute approximate surface area is 114 Å². The number of carbonyl (C=O) groups excluding carboxylic acids is 1. The van der Waals surface area contributed by atoms with Gasteiger partial charge in [-0.15, -0.1) is 0 Å². The molecular weight excluding hydrogens is 243 g/mol. The van der Waals surface area contributed by atoms with E-state index in [0.29, 0.717) is 12.5 Å². The quantitative estimate of drug-likeness (QED) is 0.743. The molecule has 4 heteroatoms. The van der Waals surface area contributed by atoms with Crippen LogP contribution in [0, 0.1) is 11.7 Å². The lowest BCUT2D eigenvalue weighted by molar-refractivity contribution is 0.0945. The van der Waals surface area contributed by atoms with Gasteiger partial charge in [-0.1, -0.05) is 33.1 Å². The van der Waals surface area contributed by atoms with Crippen molar-refractivity contribution in [1.82, 2.24) is 5.32 Å². The third kappa shape index (κ3) is 5.28. The van der Waals surface area contributed by atoms with Crippen molar-refractivity contribution in [2.24, 2.45) is 5.92 Å². The Kier molecular flexibility index (Phi) is 6.33. The fourth-order valence-corrected chi connectivity index (χ4v) is 2.03. The highest BCUT2D eigenvalue weighted by atomic mass is 19.1. The average molecular weight is 266 g/mol. The maximum atomic E-state index is 13.2. The van der Waals surface area contributed by atoms with E-state index in [1.807, 2.05) is 0 Å². The molecule has 19 heavy (non-hydrogen) atoms. The van der Waals surface area contributed by atoms with Gasteiger partial charge in [0, 0.05) is 17.8 Å². The molecule has 1 aromatic rings. The number of nitrogens with two attached hydrogens (primary N) is 1. The van der Waals surface area contributed by atoms with Crippen LogP contribution in [0.4, 0.5) is 10.1 Å². The van der Waals surface area contributed by atoms with Gasteiger partial charge >= 0.3 is 0 Å². The molecule has 0 bridgehead atoms. The lowest BCUT2D eigenvalue weighted by Gasteiger charge is -2.15. The molecule has 3 N–H and O–H groups in total. The summed E-state index contributed by atoms with van der Waals surface area (Å²) in [6.45, 7) is 4.90. The molecule has 0 saturated carbocycles. The van der Waals surface area contributed by atoms with Gasteiger partial charge < -0.3 is 11.1 Å². The smallest absolute Gasteiger partial charge is 0.251 e. The van der Waals surface area contributed by atoms with Crippen molar-refractivity contribution in [2.75, 3.05) is 12.3 Å². The molecular formula is C15H23FN2O. The zero-order valence-electron chi connectivity index (χ0n) is 11.7. The summed E-state index contributed by atoms with van der Waals surface area (Å²) in [5, 5.41) is 2.85. The van der Waals surface area contributed by atoms with E-state index in [1.54, 1.807) is 0 Å². The third-order valence-corrected chi connectivity index (χ3v) is 3.28. The van der Waals surface area contributed by atoms with Gasteiger partial charge in [0.2, 0.25) is 0 Å². The zero-order chi connectivity index (χ0) is 14.3. The van der Waals surface area contributed by atoms with E-state index in [9.17, 15) is 9.18 Å². The molecule has 0 heterocycles. The summed E-state index contributed by atoms with van der Waals surface area (Å²) in [4.78, 5) is 11.9. The highest BCUT2D eigenvalue weighted by Crippen LogP contribution is 2.13. The lowest BCUT2D eigenvalue weighted by Crippen LogP contribution is -2.29. The monoisotopic (exact) mass is 266 g/mol. The Hall–Kier alpha value is -1.58. The maximum absolute atomic E-state index is 13.2. The summed E-state index contributed by atoms with van der Waals surface area (Å²) >= 11 is 0. The van der Waals surface area contributed by atoms with E-state index in [1.165, 1.54) is 24.6 Å². The van der Waals surface area contributed by atoms with Crippen LogP contribution in [-0.4, -0.2) is 12.5 Å². The molecule has 0 spiro atoms. The third-order valence-electron chi connectivity index (χ3n) is 3.28. The van der Waals surface area contributed by atoms with Crippen LogP contribution in [0.15, 0.2) is 18.2 Å². The number of hydrogen-bond acceptors (Lipinski definition) is 2. The molecule has 0 aliphatic heterocycles. The summed E-state index contributed by atoms with van der Waals surface area (Å²) in [5.41, 5.74) is 6.07. The minimum atomic E-state index is -0.483. The molecule has 1 aromatic carbocycles. The molecule has 0 radical (unpaired) electrons. The van der Waals surface area contributed by atoms with Gasteiger partial charge in [-0.2, -0.15) is 0 Å². The fraction of sp³-hybridized carbons (Fsp3) is 0.533. The van der Waals surface area contributed by atoms with Crippen molar-refractivity contribution in [3.8, 4) is 0 Å². The fourth-order valence-electron chi connectivity index (χ4n) is 2.03. The maximum Gasteiger partial charge on any atom is 0.251 e. The topological polar surface area (TPSA) is 55.1 Å². The number of anilines is 1. The Bertz CT molecular complexity index is 400. The number of carbonyl (C=O) groups is 1. The molecule has 1 atom stereocenters. The van der Waals surface area contributed by atoms with Crippen molar-refractivity contribution in [2.45, 2.75) is 39.5 Å². The number of nitrogens with one attached hydrogen (secondary N) is 1. The second-order valence-corrected chi connectivity index (χ2v) is 4.90. The van der Waals surface area contributed by atoms with Gasteiger partial charge in [-0.05, 0) is 30.5 Å². The van der Waals surface area contributed by atoms with E-state index >= 15 is 0 Å². The first-order valence-electron chi connectivity index (χ1n) is 6.91. The first-order chi connectivity index (χ1) is 9.06. The Morgan fingerprint density at radius 3 is 2.68 bits per heavy atom.